The summed E-state index contributed by atoms with van der Waals surface area (Å²) in [5.74, 6) is 0.831. The Labute approximate surface area is 123 Å². The molecule has 0 saturated carbocycles. The summed E-state index contributed by atoms with van der Waals surface area (Å²) in [5, 5.41) is 3.34. The second-order valence-electron chi connectivity index (χ2n) is 4.71. The van der Waals surface area contributed by atoms with Gasteiger partial charge in [-0.1, -0.05) is 12.1 Å². The number of anilines is 1. The molecule has 2 aromatic rings. The summed E-state index contributed by atoms with van der Waals surface area (Å²) in [6.45, 7) is 3.93. The first kappa shape index (κ1) is 13.4. The molecular formula is C15H18N4S. The third-order valence-electron chi connectivity index (χ3n) is 3.43. The molecule has 1 aliphatic rings. The van der Waals surface area contributed by atoms with Gasteiger partial charge in [-0.05, 0) is 24.5 Å². The zero-order valence-electron chi connectivity index (χ0n) is 11.5. The van der Waals surface area contributed by atoms with E-state index in [-0.39, 0.29) is 0 Å². The molecule has 1 aromatic heterocycles. The summed E-state index contributed by atoms with van der Waals surface area (Å²) in [6, 6.07) is 10.5. The number of nitrogens with zero attached hydrogens (tertiary/aromatic N) is 3. The van der Waals surface area contributed by atoms with E-state index in [1.165, 1.54) is 4.90 Å². The van der Waals surface area contributed by atoms with Gasteiger partial charge in [0.15, 0.2) is 0 Å². The predicted octanol–water partition coefficient (Wildman–Crippen LogP) is 2.28. The summed E-state index contributed by atoms with van der Waals surface area (Å²) in [7, 11) is 0. The Balaban J connectivity index is 1.85. The first-order valence-corrected chi connectivity index (χ1v) is 8.02. The van der Waals surface area contributed by atoms with E-state index in [0.29, 0.717) is 0 Å². The Hall–Kier alpha value is -1.59. The quantitative estimate of drug-likeness (QED) is 0.877. The Kier molecular flexibility index (Phi) is 4.18. The van der Waals surface area contributed by atoms with E-state index >= 15 is 0 Å². The van der Waals surface area contributed by atoms with Crippen LogP contribution >= 0.6 is 11.8 Å². The molecule has 1 fully saturated rings. The molecule has 0 unspecified atom stereocenters. The highest BCUT2D eigenvalue weighted by molar-refractivity contribution is 7.98. The van der Waals surface area contributed by atoms with Crippen molar-refractivity contribution in [1.82, 2.24) is 15.3 Å². The smallest absolute Gasteiger partial charge is 0.225 e. The molecule has 1 saturated heterocycles. The van der Waals surface area contributed by atoms with E-state index in [4.69, 9.17) is 4.98 Å². The van der Waals surface area contributed by atoms with Crippen LogP contribution < -0.4 is 10.2 Å². The molecule has 0 atom stereocenters. The minimum absolute atomic E-state index is 0.831. The monoisotopic (exact) mass is 286 g/mol. The molecule has 0 amide bonds. The molecule has 0 radical (unpaired) electrons. The highest BCUT2D eigenvalue weighted by Crippen LogP contribution is 2.22. The fourth-order valence-corrected chi connectivity index (χ4v) is 2.70. The number of benzene rings is 1. The maximum atomic E-state index is 4.70. The van der Waals surface area contributed by atoms with E-state index in [1.807, 2.05) is 12.3 Å². The second-order valence-corrected chi connectivity index (χ2v) is 5.59. The van der Waals surface area contributed by atoms with Gasteiger partial charge in [-0.15, -0.1) is 11.8 Å². The maximum Gasteiger partial charge on any atom is 0.225 e. The van der Waals surface area contributed by atoms with E-state index in [0.717, 1.165) is 43.4 Å². The molecule has 4 nitrogen and oxygen atoms in total. The average molecular weight is 286 g/mol. The van der Waals surface area contributed by atoms with Crippen molar-refractivity contribution in [2.45, 2.75) is 4.90 Å². The molecular weight excluding hydrogens is 268 g/mol. The molecule has 20 heavy (non-hydrogen) atoms. The van der Waals surface area contributed by atoms with Gasteiger partial charge in [-0.2, -0.15) is 0 Å². The average Bonchev–Trinajstić information content (AvgIpc) is 2.56. The van der Waals surface area contributed by atoms with Crippen LogP contribution in [0, 0.1) is 0 Å². The molecule has 0 bridgehead atoms. The van der Waals surface area contributed by atoms with Gasteiger partial charge in [0.25, 0.3) is 0 Å². The second kappa shape index (κ2) is 6.24. The molecule has 3 rings (SSSR count). The zero-order chi connectivity index (χ0) is 13.8. The summed E-state index contributed by atoms with van der Waals surface area (Å²) < 4.78 is 0. The van der Waals surface area contributed by atoms with Crippen LogP contribution in [0.2, 0.25) is 0 Å². The first-order valence-electron chi connectivity index (χ1n) is 6.80. The van der Waals surface area contributed by atoms with Crippen molar-refractivity contribution in [2.75, 3.05) is 37.3 Å². The third kappa shape index (κ3) is 2.94. The lowest BCUT2D eigenvalue weighted by atomic mass is 10.1. The number of aromatic nitrogens is 2. The van der Waals surface area contributed by atoms with Crippen molar-refractivity contribution in [1.29, 1.82) is 0 Å². The molecule has 2 heterocycles. The molecule has 5 heteroatoms. The van der Waals surface area contributed by atoms with Crippen LogP contribution in [0.4, 0.5) is 5.95 Å². The standard InChI is InChI=1S/C15H18N4S/c1-20-13-4-2-12(3-5-13)14-6-7-17-15(18-14)19-10-8-16-9-11-19/h2-7,16H,8-11H2,1H3. The molecule has 104 valence electrons. The van der Waals surface area contributed by atoms with Crippen molar-refractivity contribution in [2.24, 2.45) is 0 Å². The summed E-state index contributed by atoms with van der Waals surface area (Å²) >= 11 is 1.75. The van der Waals surface area contributed by atoms with Gasteiger partial charge >= 0.3 is 0 Å². The Bertz CT molecular complexity index is 564. The van der Waals surface area contributed by atoms with Crippen LogP contribution in [0.3, 0.4) is 0 Å². The maximum absolute atomic E-state index is 4.70. The topological polar surface area (TPSA) is 41.1 Å². The van der Waals surface area contributed by atoms with Crippen molar-refractivity contribution in [3.05, 3.63) is 36.5 Å². The van der Waals surface area contributed by atoms with E-state index < -0.39 is 0 Å². The van der Waals surface area contributed by atoms with Crippen LogP contribution in [0.15, 0.2) is 41.4 Å². The van der Waals surface area contributed by atoms with Gasteiger partial charge in [0.1, 0.15) is 0 Å². The molecule has 1 N–H and O–H groups in total. The van der Waals surface area contributed by atoms with Gasteiger partial charge in [0.05, 0.1) is 5.69 Å². The normalized spacial score (nSPS) is 15.3. The Morgan fingerprint density at radius 1 is 1.10 bits per heavy atom. The van der Waals surface area contributed by atoms with Crippen LogP contribution in [0.5, 0.6) is 0 Å². The SMILES string of the molecule is CSc1ccc(-c2ccnc(N3CCNCC3)n2)cc1. The van der Waals surface area contributed by atoms with Gasteiger partial charge in [0, 0.05) is 42.8 Å². The minimum Gasteiger partial charge on any atom is -0.338 e. The van der Waals surface area contributed by atoms with Crippen LogP contribution in [0.1, 0.15) is 0 Å². The number of nitrogens with one attached hydrogen (secondary N) is 1. The van der Waals surface area contributed by atoms with Gasteiger partial charge in [0.2, 0.25) is 5.95 Å². The van der Waals surface area contributed by atoms with E-state index in [1.54, 1.807) is 11.8 Å². The van der Waals surface area contributed by atoms with Gasteiger partial charge < -0.3 is 10.2 Å². The largest absolute Gasteiger partial charge is 0.338 e. The highest BCUT2D eigenvalue weighted by Gasteiger charge is 2.13. The van der Waals surface area contributed by atoms with Crippen molar-refractivity contribution in [3.8, 4) is 11.3 Å². The summed E-state index contributed by atoms with van der Waals surface area (Å²) in [6.07, 6.45) is 3.93. The lowest BCUT2D eigenvalue weighted by molar-refractivity contribution is 0.580. The van der Waals surface area contributed by atoms with Crippen molar-refractivity contribution in [3.63, 3.8) is 0 Å². The van der Waals surface area contributed by atoms with Crippen LogP contribution in [-0.2, 0) is 0 Å². The lowest BCUT2D eigenvalue weighted by Gasteiger charge is -2.27. The Morgan fingerprint density at radius 2 is 1.85 bits per heavy atom. The first-order chi connectivity index (χ1) is 9.86. The summed E-state index contributed by atoms with van der Waals surface area (Å²) in [5.41, 5.74) is 2.13. The fourth-order valence-electron chi connectivity index (χ4n) is 2.29. The minimum atomic E-state index is 0.831. The lowest BCUT2D eigenvalue weighted by Crippen LogP contribution is -2.44. The molecule has 1 aliphatic heterocycles. The number of hydrogen-bond donors (Lipinski definition) is 1. The zero-order valence-corrected chi connectivity index (χ0v) is 12.4. The number of rotatable bonds is 3. The molecule has 1 aromatic carbocycles. The number of piperazine rings is 1. The third-order valence-corrected chi connectivity index (χ3v) is 4.17. The Morgan fingerprint density at radius 3 is 2.55 bits per heavy atom. The van der Waals surface area contributed by atoms with E-state index in [9.17, 15) is 0 Å². The van der Waals surface area contributed by atoms with Gasteiger partial charge in [-0.3, -0.25) is 0 Å². The van der Waals surface area contributed by atoms with Gasteiger partial charge in [-0.25, -0.2) is 9.97 Å². The fraction of sp³-hybridized carbons (Fsp3) is 0.333. The number of thioether (sulfide) groups is 1. The van der Waals surface area contributed by atoms with Crippen LogP contribution in [0.25, 0.3) is 11.3 Å². The highest BCUT2D eigenvalue weighted by atomic mass is 32.2. The van der Waals surface area contributed by atoms with Crippen molar-refractivity contribution < 1.29 is 0 Å². The van der Waals surface area contributed by atoms with Crippen molar-refractivity contribution >= 4 is 17.7 Å². The summed E-state index contributed by atoms with van der Waals surface area (Å²) in [4.78, 5) is 12.6. The van der Waals surface area contributed by atoms with E-state index in [2.05, 4.69) is 45.7 Å². The predicted molar refractivity (Wildman–Crippen MR) is 84.3 cm³/mol. The molecule has 0 aliphatic carbocycles. The van der Waals surface area contributed by atoms with Crippen LogP contribution in [-0.4, -0.2) is 42.4 Å². The molecule has 0 spiro atoms. The number of hydrogen-bond acceptors (Lipinski definition) is 5.